The normalized spacial score (nSPS) is 33.8. The molecule has 11 heteroatoms. The fourth-order valence-electron chi connectivity index (χ4n) is 9.07. The number of ether oxygens (including phenoxy) is 2. The van der Waals surface area contributed by atoms with E-state index in [9.17, 15) is 18.8 Å². The Morgan fingerprint density at radius 2 is 1.77 bits per heavy atom. The van der Waals surface area contributed by atoms with Crippen molar-refractivity contribution in [2.45, 2.75) is 95.5 Å². The lowest BCUT2D eigenvalue weighted by atomic mass is 9.75. The van der Waals surface area contributed by atoms with E-state index in [1.807, 2.05) is 42.7 Å². The molecule has 3 heterocycles. The number of aromatic nitrogens is 1. The zero-order valence-electron chi connectivity index (χ0n) is 26.0. The maximum absolute atomic E-state index is 14.9. The topological polar surface area (TPSA) is 127 Å². The van der Waals surface area contributed by atoms with E-state index >= 15 is 0 Å². The highest BCUT2D eigenvalue weighted by Gasteiger charge is 2.61. The molecule has 1 aromatic heterocycles. The summed E-state index contributed by atoms with van der Waals surface area (Å²) in [7, 11) is 1.75. The Balaban J connectivity index is 0.00000384. The van der Waals surface area contributed by atoms with E-state index in [2.05, 4.69) is 0 Å². The summed E-state index contributed by atoms with van der Waals surface area (Å²) in [5, 5.41) is 0.826. The van der Waals surface area contributed by atoms with Gasteiger partial charge in [0, 0.05) is 43.0 Å². The average Bonchev–Trinajstić information content (AvgIpc) is 3.66. The SMILES string of the molecule is COC1CCC([C@@H]2CC[N@@+](C(=O)C3CCC([C@H](N)CF)CC3)(c3ccc4c(c3)cc3n4C(C)(C)OC3=O)[C@@H]2C(N)=O)CC1.Cl. The number of quaternary nitrogens is 1. The maximum Gasteiger partial charge on any atom is 0.357 e. The summed E-state index contributed by atoms with van der Waals surface area (Å²) in [5.74, 6) is -0.742. The largest absolute Gasteiger partial charge is 0.434 e. The number of rotatable bonds is 7. The quantitative estimate of drug-likeness (QED) is 0.328. The van der Waals surface area contributed by atoms with E-state index < -0.39 is 30.4 Å². The minimum atomic E-state index is -0.827. The van der Waals surface area contributed by atoms with Crippen LogP contribution in [-0.2, 0) is 24.8 Å². The molecule has 9 nitrogen and oxygen atoms in total. The third-order valence-corrected chi connectivity index (χ3v) is 11.3. The van der Waals surface area contributed by atoms with Crippen molar-refractivity contribution in [3.63, 3.8) is 0 Å². The number of amides is 2. The zero-order chi connectivity index (χ0) is 30.7. The molecule has 0 spiro atoms. The highest BCUT2D eigenvalue weighted by molar-refractivity contribution is 6.02. The van der Waals surface area contributed by atoms with Crippen molar-refractivity contribution in [1.29, 1.82) is 0 Å². The monoisotopic (exact) mass is 633 g/mol. The van der Waals surface area contributed by atoms with Crippen LogP contribution in [0.4, 0.5) is 10.1 Å². The second-order valence-electron chi connectivity index (χ2n) is 13.9. The van der Waals surface area contributed by atoms with E-state index in [1.165, 1.54) is 0 Å². The number of carbonyl (C=O) groups is 3. The number of benzene rings is 1. The van der Waals surface area contributed by atoms with Crippen LogP contribution in [0.2, 0.25) is 0 Å². The lowest BCUT2D eigenvalue weighted by Gasteiger charge is -2.42. The van der Waals surface area contributed by atoms with Gasteiger partial charge < -0.3 is 20.9 Å². The first-order chi connectivity index (χ1) is 20.5. The minimum Gasteiger partial charge on any atom is -0.434 e. The summed E-state index contributed by atoms with van der Waals surface area (Å²) in [6.45, 7) is 3.64. The zero-order valence-corrected chi connectivity index (χ0v) is 26.8. The second kappa shape index (κ2) is 12.3. The summed E-state index contributed by atoms with van der Waals surface area (Å²) in [6.07, 6.45) is 7.33. The second-order valence-corrected chi connectivity index (χ2v) is 13.9. The molecule has 1 aromatic carbocycles. The van der Waals surface area contributed by atoms with Gasteiger partial charge in [0.05, 0.1) is 24.1 Å². The highest BCUT2D eigenvalue weighted by Crippen LogP contribution is 2.48. The minimum absolute atomic E-state index is 0. The summed E-state index contributed by atoms with van der Waals surface area (Å²) < 4.78 is 26.3. The number of primary amides is 1. The molecule has 44 heavy (non-hydrogen) atoms. The molecule has 4 N–H and O–H groups in total. The van der Waals surface area contributed by atoms with Gasteiger partial charge in [0.1, 0.15) is 18.1 Å². The summed E-state index contributed by atoms with van der Waals surface area (Å²) >= 11 is 0. The van der Waals surface area contributed by atoms with Gasteiger partial charge in [-0.25, -0.2) is 18.5 Å². The van der Waals surface area contributed by atoms with Gasteiger partial charge in [0.15, 0.2) is 11.8 Å². The van der Waals surface area contributed by atoms with Crippen molar-refractivity contribution in [2.24, 2.45) is 35.1 Å². The molecule has 2 aromatic rings. The van der Waals surface area contributed by atoms with Crippen LogP contribution in [0, 0.1) is 23.7 Å². The van der Waals surface area contributed by atoms with Crippen LogP contribution in [0.15, 0.2) is 24.3 Å². The molecule has 3 fully saturated rings. The Kier molecular flexibility index (Phi) is 9.22. The molecule has 2 aliphatic carbocycles. The number of cyclic esters (lactones) is 1. The predicted octanol–water partition coefficient (Wildman–Crippen LogP) is 4.94. The molecule has 6 rings (SSSR count). The van der Waals surface area contributed by atoms with E-state index in [4.69, 9.17) is 20.9 Å². The number of carbonyl (C=O) groups excluding carboxylic acids is 3. The van der Waals surface area contributed by atoms with Crippen molar-refractivity contribution < 1.29 is 28.2 Å². The first-order valence-corrected chi connectivity index (χ1v) is 16.0. The molecule has 1 saturated heterocycles. The molecular weight excluding hydrogens is 587 g/mol. The Labute approximate surface area is 264 Å². The molecular formula is C33H47ClFN4O5+. The first-order valence-electron chi connectivity index (χ1n) is 16.0. The number of alkyl halides is 1. The molecule has 0 unspecified atom stereocenters. The van der Waals surface area contributed by atoms with E-state index in [-0.39, 0.29) is 58.5 Å². The number of esters is 1. The van der Waals surface area contributed by atoms with Gasteiger partial charge in [-0.3, -0.25) is 9.36 Å². The van der Waals surface area contributed by atoms with Crippen LogP contribution in [0.3, 0.4) is 0 Å². The number of methoxy groups -OCH3 is 1. The Morgan fingerprint density at radius 3 is 2.39 bits per heavy atom. The van der Waals surface area contributed by atoms with Gasteiger partial charge in [-0.15, -0.1) is 12.4 Å². The maximum atomic E-state index is 14.9. The number of hydrogen-bond acceptors (Lipinski definition) is 6. The standard InChI is InChI=1S/C33H45FN4O5.ClH/c1-33(2)37-27-13-10-23(16-22(27)17-28(37)32(41)43-33)38(31(40)21-6-4-20(5-7-21)26(35)18-34)15-14-25(29(38)30(36)39)19-8-11-24(42-3)12-9-19;/h10,13,16-17,19-21,24-26,29H,4-9,11-12,14-15,18,35H2,1-3H3,(H-,36,39);1H/p+1/t19?,20?,21?,24?,25-,26+,29-,38+;/m0./s1. The molecule has 0 bridgehead atoms. The number of nitrogens with zero attached hydrogens (tertiary/aromatic N) is 2. The summed E-state index contributed by atoms with van der Waals surface area (Å²) in [6, 6.07) is 6.49. The highest BCUT2D eigenvalue weighted by atomic mass is 35.5. The van der Waals surface area contributed by atoms with Gasteiger partial charge in [0.25, 0.3) is 5.91 Å². The fraction of sp³-hybridized carbons (Fsp3) is 0.667. The van der Waals surface area contributed by atoms with Crippen LogP contribution in [0.5, 0.6) is 0 Å². The molecule has 4 atom stereocenters. The fourth-order valence-corrected chi connectivity index (χ4v) is 9.07. The van der Waals surface area contributed by atoms with Crippen LogP contribution < -0.4 is 16.0 Å². The van der Waals surface area contributed by atoms with Crippen LogP contribution in [-0.4, -0.2) is 60.9 Å². The van der Waals surface area contributed by atoms with Gasteiger partial charge >= 0.3 is 11.9 Å². The van der Waals surface area contributed by atoms with Crippen molar-refractivity contribution in [3.8, 4) is 0 Å². The number of halogens is 2. The van der Waals surface area contributed by atoms with Crippen LogP contribution in [0.1, 0.15) is 82.1 Å². The molecule has 2 saturated carbocycles. The van der Waals surface area contributed by atoms with Crippen molar-refractivity contribution >= 4 is 46.8 Å². The van der Waals surface area contributed by atoms with Crippen molar-refractivity contribution in [2.75, 3.05) is 20.3 Å². The Morgan fingerprint density at radius 1 is 1.09 bits per heavy atom. The van der Waals surface area contributed by atoms with Gasteiger partial charge in [0.2, 0.25) is 0 Å². The first kappa shape index (κ1) is 32.9. The molecule has 2 aliphatic heterocycles. The number of nitrogens with two attached hydrogens (primary N) is 2. The molecule has 2 amide bonds. The molecule has 4 aliphatic rings. The van der Waals surface area contributed by atoms with Crippen molar-refractivity contribution in [3.05, 3.63) is 30.0 Å². The van der Waals surface area contributed by atoms with Gasteiger partial charge in [-0.2, -0.15) is 0 Å². The number of likely N-dealkylation sites (tertiary alicyclic amines) is 1. The molecule has 0 radical (unpaired) electrons. The Hall–Kier alpha value is -2.53. The molecule has 242 valence electrons. The summed E-state index contributed by atoms with van der Waals surface area (Å²) in [4.78, 5) is 41.1. The third-order valence-electron chi connectivity index (χ3n) is 11.3. The summed E-state index contributed by atoms with van der Waals surface area (Å²) in [5.41, 5.74) is 13.5. The number of hydrogen-bond donors (Lipinski definition) is 2. The smallest absolute Gasteiger partial charge is 0.357 e. The van der Waals surface area contributed by atoms with Gasteiger partial charge in [-0.05, 0) is 89.2 Å². The third kappa shape index (κ3) is 5.25. The van der Waals surface area contributed by atoms with Crippen LogP contribution >= 0.6 is 12.4 Å². The van der Waals surface area contributed by atoms with Gasteiger partial charge in [-0.1, -0.05) is 0 Å². The Bertz CT molecular complexity index is 1410. The predicted molar refractivity (Wildman–Crippen MR) is 169 cm³/mol. The van der Waals surface area contributed by atoms with E-state index in [1.54, 1.807) is 7.11 Å². The van der Waals surface area contributed by atoms with E-state index in [0.29, 0.717) is 37.9 Å². The lowest BCUT2D eigenvalue weighted by molar-refractivity contribution is -0.142. The van der Waals surface area contributed by atoms with Crippen LogP contribution in [0.25, 0.3) is 10.9 Å². The lowest BCUT2D eigenvalue weighted by Crippen LogP contribution is -2.65. The number of fused-ring (bicyclic) bond motifs is 3. The van der Waals surface area contributed by atoms with E-state index in [0.717, 1.165) is 48.7 Å². The van der Waals surface area contributed by atoms with Crippen molar-refractivity contribution in [1.82, 2.24) is 9.05 Å². The average molecular weight is 634 g/mol.